The van der Waals surface area contributed by atoms with Gasteiger partial charge in [-0.3, -0.25) is 0 Å². The molecule has 0 amide bonds. The number of carbonyl (C=O) groups is 2. The van der Waals surface area contributed by atoms with Crippen LogP contribution in [0.5, 0.6) is 5.75 Å². The molecule has 0 atom stereocenters. The lowest BCUT2D eigenvalue weighted by Gasteiger charge is -1.95. The van der Waals surface area contributed by atoms with Gasteiger partial charge in [0.05, 0.1) is 0 Å². The van der Waals surface area contributed by atoms with Crippen molar-refractivity contribution in [3.05, 3.63) is 29.8 Å². The quantitative estimate of drug-likeness (QED) is 0.627. The number of aromatic carboxylic acids is 1. The number of carboxylic acid groups (broad SMARTS) is 2. The third-order valence-electron chi connectivity index (χ3n) is 1.13. The summed E-state index contributed by atoms with van der Waals surface area (Å²) in [5.41, 5.74) is -1.43. The standard InChI is InChI=1S/C7H6O3.CHClO2/c8-6-4-2-1-3-5(6)7(9)10;2-1(3)4/h1-4,8H,(H,9,10);(H,3,4). The third-order valence-corrected chi connectivity index (χ3v) is 1.13. The number of carboxylic acids is 1. The Morgan fingerprint density at radius 2 is 1.57 bits per heavy atom. The Labute approximate surface area is 84.2 Å². The minimum atomic E-state index is -1.36. The van der Waals surface area contributed by atoms with Crippen LogP contribution in [-0.4, -0.2) is 26.7 Å². The van der Waals surface area contributed by atoms with Gasteiger partial charge in [0.15, 0.2) is 0 Å². The van der Waals surface area contributed by atoms with Gasteiger partial charge >= 0.3 is 11.4 Å². The number of aromatic hydroxyl groups is 1. The fourth-order valence-corrected chi connectivity index (χ4v) is 0.654. The average Bonchev–Trinajstić information content (AvgIpc) is 2.03. The minimum absolute atomic E-state index is 0.0671. The summed E-state index contributed by atoms with van der Waals surface area (Å²) in [7, 11) is 0. The predicted octanol–water partition coefficient (Wildman–Crippen LogP) is 1.99. The molecule has 0 fully saturated rings. The molecule has 0 aliphatic heterocycles. The van der Waals surface area contributed by atoms with Crippen LogP contribution in [0.15, 0.2) is 24.3 Å². The van der Waals surface area contributed by atoms with Crippen LogP contribution in [-0.2, 0) is 0 Å². The summed E-state index contributed by atoms with van der Waals surface area (Å²) in [4.78, 5) is 19.0. The van der Waals surface area contributed by atoms with Gasteiger partial charge in [-0.25, -0.2) is 9.59 Å². The number of rotatable bonds is 1. The van der Waals surface area contributed by atoms with Gasteiger partial charge in [-0.05, 0) is 12.1 Å². The lowest BCUT2D eigenvalue weighted by Crippen LogP contribution is -1.95. The largest absolute Gasteiger partial charge is 0.507 e. The number of hydrogen-bond acceptors (Lipinski definition) is 3. The van der Waals surface area contributed by atoms with E-state index < -0.39 is 11.4 Å². The molecule has 0 aromatic heterocycles. The van der Waals surface area contributed by atoms with Gasteiger partial charge in [0.25, 0.3) is 0 Å². The summed E-state index contributed by atoms with van der Waals surface area (Å²) in [6.07, 6.45) is 0. The van der Waals surface area contributed by atoms with Crippen molar-refractivity contribution in [2.45, 2.75) is 0 Å². The van der Waals surface area contributed by atoms with Gasteiger partial charge in [-0.1, -0.05) is 12.1 Å². The zero-order valence-electron chi connectivity index (χ0n) is 6.85. The van der Waals surface area contributed by atoms with E-state index in [9.17, 15) is 4.79 Å². The van der Waals surface area contributed by atoms with Gasteiger partial charge in [0, 0.05) is 11.6 Å². The van der Waals surface area contributed by atoms with Gasteiger partial charge < -0.3 is 15.3 Å². The van der Waals surface area contributed by atoms with E-state index in [1.807, 2.05) is 0 Å². The number of halogens is 1. The van der Waals surface area contributed by atoms with Crippen molar-refractivity contribution in [3.8, 4) is 5.75 Å². The van der Waals surface area contributed by atoms with E-state index in [0.29, 0.717) is 0 Å². The van der Waals surface area contributed by atoms with Crippen LogP contribution in [0.25, 0.3) is 0 Å². The summed E-state index contributed by atoms with van der Waals surface area (Å²) in [5.74, 6) is -1.31. The smallest absolute Gasteiger partial charge is 0.401 e. The van der Waals surface area contributed by atoms with Crippen molar-refractivity contribution in [1.82, 2.24) is 0 Å². The molecule has 0 aliphatic carbocycles. The molecule has 0 heterocycles. The van der Waals surface area contributed by atoms with Crippen LogP contribution >= 0.6 is 11.6 Å². The monoisotopic (exact) mass is 218 g/mol. The molecule has 76 valence electrons. The topological polar surface area (TPSA) is 94.8 Å². The first-order valence-corrected chi connectivity index (χ1v) is 3.72. The van der Waals surface area contributed by atoms with Crippen LogP contribution in [0.1, 0.15) is 10.4 Å². The molecule has 0 saturated carbocycles. The lowest BCUT2D eigenvalue weighted by atomic mass is 10.2. The average molecular weight is 219 g/mol. The van der Waals surface area contributed by atoms with Crippen LogP contribution < -0.4 is 0 Å². The minimum Gasteiger partial charge on any atom is -0.507 e. The maximum atomic E-state index is 10.3. The number of para-hydroxylation sites is 1. The molecule has 5 nitrogen and oxygen atoms in total. The molecule has 1 aromatic carbocycles. The summed E-state index contributed by atoms with van der Waals surface area (Å²) in [6.45, 7) is 0. The molecule has 0 saturated heterocycles. The molecule has 0 unspecified atom stereocenters. The molecule has 1 aromatic rings. The maximum absolute atomic E-state index is 10.3. The van der Waals surface area contributed by atoms with E-state index in [1.54, 1.807) is 12.1 Å². The highest BCUT2D eigenvalue weighted by Gasteiger charge is 2.05. The van der Waals surface area contributed by atoms with E-state index in [0.717, 1.165) is 0 Å². The second-order valence-electron chi connectivity index (χ2n) is 2.08. The fourth-order valence-electron chi connectivity index (χ4n) is 0.654. The predicted molar refractivity (Wildman–Crippen MR) is 48.9 cm³/mol. The van der Waals surface area contributed by atoms with Crippen LogP contribution in [0, 0.1) is 0 Å². The lowest BCUT2D eigenvalue weighted by molar-refractivity contribution is 0.0693. The molecule has 14 heavy (non-hydrogen) atoms. The summed E-state index contributed by atoms with van der Waals surface area (Å²) in [6, 6.07) is 5.81. The van der Waals surface area contributed by atoms with E-state index in [2.05, 4.69) is 11.6 Å². The molecule has 0 radical (unpaired) electrons. The third kappa shape index (κ3) is 5.00. The first-order chi connectivity index (χ1) is 6.45. The van der Waals surface area contributed by atoms with Gasteiger partial charge in [-0.2, -0.15) is 0 Å². The first-order valence-electron chi connectivity index (χ1n) is 3.35. The fraction of sp³-hybridized carbons (Fsp3) is 0. The van der Waals surface area contributed by atoms with E-state index >= 15 is 0 Å². The molecule has 0 spiro atoms. The van der Waals surface area contributed by atoms with E-state index in [-0.39, 0.29) is 11.3 Å². The summed E-state index contributed by atoms with van der Waals surface area (Å²) >= 11 is 4.19. The van der Waals surface area contributed by atoms with Crippen molar-refractivity contribution >= 4 is 23.0 Å². The van der Waals surface area contributed by atoms with Crippen LogP contribution in [0.2, 0.25) is 0 Å². The second-order valence-corrected chi connectivity index (χ2v) is 2.40. The normalized spacial score (nSPS) is 8.36. The molecular weight excluding hydrogens is 212 g/mol. The van der Waals surface area contributed by atoms with Crippen molar-refractivity contribution in [1.29, 1.82) is 0 Å². The highest BCUT2D eigenvalue weighted by molar-refractivity contribution is 6.60. The molecule has 0 aliphatic rings. The van der Waals surface area contributed by atoms with Crippen molar-refractivity contribution in [2.24, 2.45) is 0 Å². The molecule has 6 heteroatoms. The Balaban J connectivity index is 0.000000364. The summed E-state index contributed by atoms with van der Waals surface area (Å²) < 4.78 is 0. The van der Waals surface area contributed by atoms with E-state index in [4.69, 9.17) is 20.1 Å². The zero-order valence-corrected chi connectivity index (χ0v) is 7.60. The Bertz CT molecular complexity index is 332. The number of hydrogen-bond donors (Lipinski definition) is 3. The maximum Gasteiger partial charge on any atom is 0.401 e. The van der Waals surface area contributed by atoms with Crippen LogP contribution in [0.4, 0.5) is 4.79 Å². The first kappa shape index (κ1) is 12.2. The number of benzene rings is 1. The highest BCUT2D eigenvalue weighted by atomic mass is 35.5. The highest BCUT2D eigenvalue weighted by Crippen LogP contribution is 2.14. The van der Waals surface area contributed by atoms with Crippen molar-refractivity contribution in [2.75, 3.05) is 0 Å². The van der Waals surface area contributed by atoms with Crippen molar-refractivity contribution in [3.63, 3.8) is 0 Å². The molecule has 1 rings (SSSR count). The van der Waals surface area contributed by atoms with Gasteiger partial charge in [0.2, 0.25) is 0 Å². The Kier molecular flexibility index (Phi) is 5.09. The Morgan fingerprint density at radius 3 is 1.86 bits per heavy atom. The molecule has 0 bridgehead atoms. The van der Waals surface area contributed by atoms with Crippen molar-refractivity contribution < 1.29 is 24.9 Å². The van der Waals surface area contributed by atoms with Gasteiger partial charge in [-0.15, -0.1) is 0 Å². The van der Waals surface area contributed by atoms with E-state index in [1.165, 1.54) is 12.1 Å². The SMILES string of the molecule is O=C(O)Cl.O=C(O)c1ccccc1O. The molecule has 3 N–H and O–H groups in total. The Hall–Kier alpha value is -1.75. The second kappa shape index (κ2) is 5.82. The Morgan fingerprint density at radius 1 is 1.14 bits per heavy atom. The summed E-state index contributed by atoms with van der Waals surface area (Å²) in [5, 5.41) is 24.5. The van der Waals surface area contributed by atoms with Gasteiger partial charge in [0.1, 0.15) is 11.3 Å². The molecular formula is C8H7ClO5. The van der Waals surface area contributed by atoms with Crippen LogP contribution in [0.3, 0.4) is 0 Å². The number of phenols is 1. The zero-order chi connectivity index (χ0) is 11.1.